The van der Waals surface area contributed by atoms with Crippen molar-refractivity contribution in [2.45, 2.75) is 19.0 Å². The summed E-state index contributed by atoms with van der Waals surface area (Å²) in [4.78, 5) is 17.4. The standard InChI is InChI=1S/C19H18F3N3O2/c20-19(21,22)14-6-12(7-15(27)11-26)9-25(10-14)17-4-3-13(8-23)18-16(17)2-1-5-24-18/h1-5,12,14,26H,6-7,9-11H2/t12-,14-/m0/s1. The molecule has 0 spiro atoms. The molecule has 2 heterocycles. The Morgan fingerprint density at radius 1 is 1.33 bits per heavy atom. The topological polar surface area (TPSA) is 77.2 Å². The molecule has 0 amide bonds. The minimum atomic E-state index is -4.38. The predicted octanol–water partition coefficient (Wildman–Crippen LogP) is 3.06. The number of halogens is 3. The number of Topliss-reactive ketones (excluding diaryl/α,β-unsaturated/α-hetero) is 1. The second kappa shape index (κ2) is 7.53. The lowest BCUT2D eigenvalue weighted by Crippen LogP contribution is -2.46. The number of carbonyl (C=O) groups is 1. The van der Waals surface area contributed by atoms with Crippen molar-refractivity contribution in [3.63, 3.8) is 0 Å². The smallest absolute Gasteiger partial charge is 0.389 e. The number of nitriles is 1. The van der Waals surface area contributed by atoms with Crippen LogP contribution in [0, 0.1) is 23.2 Å². The Kier molecular flexibility index (Phi) is 5.33. The second-order valence-electron chi connectivity index (χ2n) is 6.79. The van der Waals surface area contributed by atoms with Crippen LogP contribution in [-0.2, 0) is 4.79 Å². The number of pyridine rings is 1. The zero-order valence-electron chi connectivity index (χ0n) is 14.4. The number of hydrogen-bond acceptors (Lipinski definition) is 5. The molecular weight excluding hydrogens is 359 g/mol. The van der Waals surface area contributed by atoms with Crippen LogP contribution in [-0.4, -0.2) is 41.7 Å². The summed E-state index contributed by atoms with van der Waals surface area (Å²) in [7, 11) is 0. The van der Waals surface area contributed by atoms with Crippen molar-refractivity contribution in [2.75, 3.05) is 24.6 Å². The van der Waals surface area contributed by atoms with Crippen LogP contribution in [0.15, 0.2) is 30.5 Å². The predicted molar refractivity (Wildman–Crippen MR) is 93.0 cm³/mol. The van der Waals surface area contributed by atoms with Crippen molar-refractivity contribution in [3.05, 3.63) is 36.0 Å². The summed E-state index contributed by atoms with van der Waals surface area (Å²) >= 11 is 0. The first kappa shape index (κ1) is 19.1. The summed E-state index contributed by atoms with van der Waals surface area (Å²) in [5.74, 6) is -2.54. The van der Waals surface area contributed by atoms with Crippen LogP contribution in [0.2, 0.25) is 0 Å². The lowest BCUT2D eigenvalue weighted by atomic mass is 9.85. The quantitative estimate of drug-likeness (QED) is 0.886. The number of nitrogens with zero attached hydrogens (tertiary/aromatic N) is 3. The highest BCUT2D eigenvalue weighted by atomic mass is 19.4. The number of aromatic nitrogens is 1. The number of aliphatic hydroxyl groups excluding tert-OH is 1. The summed E-state index contributed by atoms with van der Waals surface area (Å²) < 4.78 is 40.3. The van der Waals surface area contributed by atoms with E-state index in [-0.39, 0.29) is 25.9 Å². The SMILES string of the molecule is N#Cc1ccc(N2C[C@H](CC(=O)CO)C[C@H](C(F)(F)F)C2)c2cccnc12. The highest BCUT2D eigenvalue weighted by Crippen LogP contribution is 2.39. The van der Waals surface area contributed by atoms with Gasteiger partial charge in [0.05, 0.1) is 17.0 Å². The maximum absolute atomic E-state index is 13.4. The van der Waals surface area contributed by atoms with E-state index in [9.17, 15) is 23.2 Å². The first-order valence-corrected chi connectivity index (χ1v) is 8.55. The van der Waals surface area contributed by atoms with Gasteiger partial charge in [-0.3, -0.25) is 9.78 Å². The van der Waals surface area contributed by atoms with Gasteiger partial charge in [0.1, 0.15) is 12.7 Å². The van der Waals surface area contributed by atoms with Gasteiger partial charge in [-0.2, -0.15) is 18.4 Å². The van der Waals surface area contributed by atoms with Crippen LogP contribution in [0.4, 0.5) is 18.9 Å². The molecule has 27 heavy (non-hydrogen) atoms. The normalized spacial score (nSPS) is 20.5. The Bertz CT molecular complexity index is 892. The third-order valence-electron chi connectivity index (χ3n) is 4.90. The summed E-state index contributed by atoms with van der Waals surface area (Å²) in [5, 5.41) is 18.8. The van der Waals surface area contributed by atoms with Crippen LogP contribution in [0.3, 0.4) is 0 Å². The lowest BCUT2D eigenvalue weighted by molar-refractivity contribution is -0.179. The van der Waals surface area contributed by atoms with E-state index < -0.39 is 30.4 Å². The molecule has 2 aromatic rings. The molecule has 0 unspecified atom stereocenters. The molecule has 1 aromatic heterocycles. The molecule has 0 radical (unpaired) electrons. The molecule has 1 aromatic carbocycles. The van der Waals surface area contributed by atoms with Crippen LogP contribution in [0.1, 0.15) is 18.4 Å². The molecule has 1 aliphatic rings. The number of alkyl halides is 3. The van der Waals surface area contributed by atoms with Crippen molar-refractivity contribution < 1.29 is 23.1 Å². The number of anilines is 1. The maximum atomic E-state index is 13.4. The van der Waals surface area contributed by atoms with E-state index in [1.54, 1.807) is 29.2 Å². The number of hydrogen-bond donors (Lipinski definition) is 1. The number of rotatable bonds is 4. The molecule has 5 nitrogen and oxygen atoms in total. The minimum Gasteiger partial charge on any atom is -0.389 e. The van der Waals surface area contributed by atoms with Crippen molar-refractivity contribution in [1.29, 1.82) is 5.26 Å². The van der Waals surface area contributed by atoms with E-state index >= 15 is 0 Å². The van der Waals surface area contributed by atoms with Gasteiger partial charge in [0.25, 0.3) is 0 Å². The molecule has 142 valence electrons. The Balaban J connectivity index is 2.00. The van der Waals surface area contributed by atoms with Gasteiger partial charge in [-0.1, -0.05) is 0 Å². The fourth-order valence-corrected chi connectivity index (χ4v) is 3.70. The molecule has 1 aliphatic heterocycles. The maximum Gasteiger partial charge on any atom is 0.393 e. The largest absolute Gasteiger partial charge is 0.393 e. The number of benzene rings is 1. The minimum absolute atomic E-state index is 0.0912. The highest BCUT2D eigenvalue weighted by molar-refractivity contribution is 5.95. The van der Waals surface area contributed by atoms with Gasteiger partial charge in [-0.15, -0.1) is 0 Å². The first-order chi connectivity index (χ1) is 12.8. The van der Waals surface area contributed by atoms with Gasteiger partial charge >= 0.3 is 6.18 Å². The van der Waals surface area contributed by atoms with E-state index in [4.69, 9.17) is 5.11 Å². The summed E-state index contributed by atoms with van der Waals surface area (Å²) in [6, 6.07) is 8.62. The lowest BCUT2D eigenvalue weighted by Gasteiger charge is -2.40. The Morgan fingerprint density at radius 3 is 2.78 bits per heavy atom. The van der Waals surface area contributed by atoms with Crippen LogP contribution in [0.5, 0.6) is 0 Å². The molecule has 1 fully saturated rings. The van der Waals surface area contributed by atoms with Crippen molar-refractivity contribution in [3.8, 4) is 6.07 Å². The first-order valence-electron chi connectivity index (χ1n) is 8.55. The van der Waals surface area contributed by atoms with E-state index in [0.717, 1.165) is 0 Å². The summed E-state index contributed by atoms with van der Waals surface area (Å²) in [6.07, 6.45) is -3.07. The van der Waals surface area contributed by atoms with Crippen molar-refractivity contribution in [1.82, 2.24) is 4.98 Å². The molecular formula is C19H18F3N3O2. The molecule has 0 saturated carbocycles. The zero-order valence-corrected chi connectivity index (χ0v) is 14.4. The van der Waals surface area contributed by atoms with Crippen LogP contribution < -0.4 is 4.90 Å². The number of piperidine rings is 1. The van der Waals surface area contributed by atoms with Gasteiger partial charge < -0.3 is 10.0 Å². The number of carbonyl (C=O) groups excluding carboxylic acids is 1. The average molecular weight is 377 g/mol. The summed E-state index contributed by atoms with van der Waals surface area (Å²) in [5.41, 5.74) is 1.35. The summed E-state index contributed by atoms with van der Waals surface area (Å²) in [6.45, 7) is -0.617. The van der Waals surface area contributed by atoms with E-state index in [0.29, 0.717) is 22.2 Å². The fourth-order valence-electron chi connectivity index (χ4n) is 3.70. The van der Waals surface area contributed by atoms with E-state index in [1.165, 1.54) is 6.20 Å². The fraction of sp³-hybridized carbons (Fsp3) is 0.421. The average Bonchev–Trinajstić information content (AvgIpc) is 2.66. The van der Waals surface area contributed by atoms with Crippen LogP contribution in [0.25, 0.3) is 10.9 Å². The molecule has 1 N–H and O–H groups in total. The zero-order chi connectivity index (χ0) is 19.6. The number of fused-ring (bicyclic) bond motifs is 1. The Hall–Kier alpha value is -2.66. The van der Waals surface area contributed by atoms with Crippen molar-refractivity contribution in [2.24, 2.45) is 11.8 Å². The van der Waals surface area contributed by atoms with Gasteiger partial charge in [-0.25, -0.2) is 0 Å². The van der Waals surface area contributed by atoms with E-state index in [2.05, 4.69) is 4.98 Å². The van der Waals surface area contributed by atoms with Crippen molar-refractivity contribution >= 4 is 22.4 Å². The van der Waals surface area contributed by atoms with E-state index in [1.807, 2.05) is 6.07 Å². The molecule has 1 saturated heterocycles. The second-order valence-corrected chi connectivity index (χ2v) is 6.79. The third kappa shape index (κ3) is 4.03. The molecule has 0 aliphatic carbocycles. The Labute approximate surface area is 154 Å². The highest BCUT2D eigenvalue weighted by Gasteiger charge is 2.45. The van der Waals surface area contributed by atoms with Gasteiger partial charge in [0, 0.05) is 36.8 Å². The van der Waals surface area contributed by atoms with Crippen LogP contribution >= 0.6 is 0 Å². The number of ketones is 1. The molecule has 2 atom stereocenters. The van der Waals surface area contributed by atoms with Gasteiger partial charge in [-0.05, 0) is 36.6 Å². The molecule has 0 bridgehead atoms. The Morgan fingerprint density at radius 2 is 2.11 bits per heavy atom. The van der Waals surface area contributed by atoms with Gasteiger partial charge in [0.2, 0.25) is 0 Å². The molecule has 3 rings (SSSR count). The van der Waals surface area contributed by atoms with Gasteiger partial charge in [0.15, 0.2) is 5.78 Å². The third-order valence-corrected chi connectivity index (χ3v) is 4.90. The monoisotopic (exact) mass is 377 g/mol. The number of aliphatic hydroxyl groups is 1. The molecule has 8 heteroatoms.